The maximum Gasteiger partial charge on any atom is 0.0701 e. The molecule has 256 valence electrons. The van der Waals surface area contributed by atoms with Crippen LogP contribution in [0.2, 0.25) is 0 Å². The third-order valence-corrected chi connectivity index (χ3v) is 8.96. The summed E-state index contributed by atoms with van der Waals surface area (Å²) in [6.45, 7) is 2.56. The van der Waals surface area contributed by atoms with Gasteiger partial charge in [0.2, 0.25) is 0 Å². The lowest BCUT2D eigenvalue weighted by atomic mass is 10.0. The van der Waals surface area contributed by atoms with Crippen molar-refractivity contribution < 1.29 is 9.47 Å². The van der Waals surface area contributed by atoms with E-state index in [9.17, 15) is 0 Å². The number of hydrogen-bond acceptors (Lipinski definition) is 4. The van der Waals surface area contributed by atoms with Crippen LogP contribution in [0.15, 0.2) is 134 Å². The molecule has 0 aliphatic rings. The van der Waals surface area contributed by atoms with E-state index in [1.807, 2.05) is 49.1 Å². The van der Waals surface area contributed by atoms with E-state index in [1.165, 1.54) is 21.8 Å². The van der Waals surface area contributed by atoms with E-state index in [2.05, 4.69) is 148 Å². The molecular formula is C47H41N3O2. The van der Waals surface area contributed by atoms with Gasteiger partial charge in [-0.05, 0) is 93.0 Å². The number of ether oxygens (including phenoxy) is 2. The highest BCUT2D eigenvalue weighted by atomic mass is 16.5. The summed E-state index contributed by atoms with van der Waals surface area (Å²) in [5.74, 6) is 0. The normalized spacial score (nSPS) is 12.1. The average molecular weight is 680 g/mol. The van der Waals surface area contributed by atoms with Crippen molar-refractivity contribution in [2.24, 2.45) is 0 Å². The van der Waals surface area contributed by atoms with E-state index in [0.29, 0.717) is 19.8 Å². The summed E-state index contributed by atoms with van der Waals surface area (Å²) >= 11 is 0. The predicted molar refractivity (Wildman–Crippen MR) is 219 cm³/mol. The first kappa shape index (κ1) is 34.3. The van der Waals surface area contributed by atoms with Crippen LogP contribution in [0.3, 0.4) is 0 Å². The molecule has 0 atom stereocenters. The molecule has 0 aliphatic heterocycles. The highest BCUT2D eigenvalue weighted by molar-refractivity contribution is 6.09. The summed E-state index contributed by atoms with van der Waals surface area (Å²) in [4.78, 5) is 8.18. The van der Waals surface area contributed by atoms with Gasteiger partial charge in [0.25, 0.3) is 0 Å². The summed E-state index contributed by atoms with van der Waals surface area (Å²) in [7, 11) is 1.70. The number of fused-ring (bicyclic) bond motifs is 3. The Kier molecular flexibility index (Phi) is 11.3. The van der Waals surface area contributed by atoms with Gasteiger partial charge in [-0.25, -0.2) is 0 Å². The molecule has 0 saturated heterocycles. The number of aromatic nitrogens is 3. The number of pyridine rings is 2. The van der Waals surface area contributed by atoms with E-state index >= 15 is 0 Å². The highest BCUT2D eigenvalue weighted by Crippen LogP contribution is 2.32. The van der Waals surface area contributed by atoms with Crippen LogP contribution in [-0.2, 0) is 16.0 Å². The standard InChI is InChI=1S/C47H41N3O2/c1-51-32-33-52-31-30-50-46-20-18-42(16-14-38-6-2-36(3-7-38)10-12-40-22-26-48-27-23-40)34-44(46)45-35-43(19-21-47(45)50)17-15-39-8-4-37(5-9-39)11-13-41-24-28-49-29-25-41/h2-29,34-35H,30-33H2,1H3/b12-10+,13-11+,16-14+,17-15+. The van der Waals surface area contributed by atoms with E-state index in [-0.39, 0.29) is 0 Å². The maximum absolute atomic E-state index is 5.88. The average Bonchev–Trinajstić information content (AvgIpc) is 3.51. The van der Waals surface area contributed by atoms with Crippen molar-refractivity contribution in [3.05, 3.63) is 178 Å². The number of rotatable bonds is 14. The molecule has 0 amide bonds. The zero-order chi connectivity index (χ0) is 35.4. The molecule has 0 aliphatic carbocycles. The van der Waals surface area contributed by atoms with Crippen molar-refractivity contribution in [3.63, 3.8) is 0 Å². The maximum atomic E-state index is 5.88. The van der Waals surface area contributed by atoms with Gasteiger partial charge >= 0.3 is 0 Å². The Morgan fingerprint density at radius 3 is 1.15 bits per heavy atom. The molecular weight excluding hydrogens is 639 g/mol. The molecule has 5 nitrogen and oxygen atoms in total. The molecule has 52 heavy (non-hydrogen) atoms. The number of benzene rings is 4. The van der Waals surface area contributed by atoms with Gasteiger partial charge < -0.3 is 14.0 Å². The molecule has 0 N–H and O–H groups in total. The first-order chi connectivity index (χ1) is 25.7. The minimum absolute atomic E-state index is 0.585. The van der Waals surface area contributed by atoms with E-state index in [1.54, 1.807) is 7.11 Å². The lowest BCUT2D eigenvalue weighted by Crippen LogP contribution is -2.09. The minimum atomic E-state index is 0.585. The zero-order valence-electron chi connectivity index (χ0n) is 29.3. The molecule has 0 spiro atoms. The fourth-order valence-electron chi connectivity index (χ4n) is 6.14. The van der Waals surface area contributed by atoms with Crippen LogP contribution in [0.1, 0.15) is 44.5 Å². The van der Waals surface area contributed by atoms with Gasteiger partial charge in [-0.2, -0.15) is 0 Å². The van der Waals surface area contributed by atoms with Gasteiger partial charge in [0.15, 0.2) is 0 Å². The molecule has 7 rings (SSSR count). The molecule has 3 heterocycles. The number of hydrogen-bond donors (Lipinski definition) is 0. The fourth-order valence-corrected chi connectivity index (χ4v) is 6.14. The van der Waals surface area contributed by atoms with Crippen molar-refractivity contribution >= 4 is 70.4 Å². The zero-order valence-corrected chi connectivity index (χ0v) is 29.3. The largest absolute Gasteiger partial charge is 0.382 e. The fraction of sp³-hybridized carbons (Fsp3) is 0.106. The Balaban J connectivity index is 1.12. The topological polar surface area (TPSA) is 49.2 Å². The van der Waals surface area contributed by atoms with Gasteiger partial charge in [-0.1, -0.05) is 109 Å². The first-order valence-corrected chi connectivity index (χ1v) is 17.6. The van der Waals surface area contributed by atoms with Crippen molar-refractivity contribution in [2.75, 3.05) is 26.9 Å². The molecule has 5 heteroatoms. The smallest absolute Gasteiger partial charge is 0.0701 e. The molecule has 4 aromatic carbocycles. The summed E-state index contributed by atoms with van der Waals surface area (Å²) < 4.78 is 13.4. The molecule has 3 aromatic heterocycles. The minimum Gasteiger partial charge on any atom is -0.382 e. The molecule has 0 fully saturated rings. The lowest BCUT2D eigenvalue weighted by Gasteiger charge is -2.09. The Labute approximate surface area is 305 Å². The SMILES string of the molecule is COCCOCCn1c2ccc(/C=C/c3ccc(/C=C/c4ccncc4)cc3)cc2c2cc(/C=C/c3ccc(/C=C/c4ccncc4)cc3)ccc21. The molecule has 0 bridgehead atoms. The van der Waals surface area contributed by atoms with E-state index in [4.69, 9.17) is 9.47 Å². The van der Waals surface area contributed by atoms with Gasteiger partial charge in [0, 0.05) is 60.2 Å². The Hall–Kier alpha value is -6.14. The second-order valence-corrected chi connectivity index (χ2v) is 12.5. The summed E-state index contributed by atoms with van der Waals surface area (Å²) in [5.41, 5.74) is 11.6. The summed E-state index contributed by atoms with van der Waals surface area (Å²) in [6.07, 6.45) is 24.4. The number of nitrogens with zero attached hydrogens (tertiary/aromatic N) is 3. The molecule has 0 unspecified atom stereocenters. The Bertz CT molecular complexity index is 2180. The van der Waals surface area contributed by atoms with Crippen LogP contribution in [0, 0.1) is 0 Å². The second-order valence-electron chi connectivity index (χ2n) is 12.5. The van der Waals surface area contributed by atoms with Gasteiger partial charge in [0.1, 0.15) is 0 Å². The molecule has 7 aromatic rings. The van der Waals surface area contributed by atoms with E-state index in [0.717, 1.165) is 51.1 Å². The Morgan fingerprint density at radius 1 is 0.423 bits per heavy atom. The van der Waals surface area contributed by atoms with Crippen LogP contribution in [-0.4, -0.2) is 41.5 Å². The summed E-state index contributed by atoms with van der Waals surface area (Å²) in [6, 6.07) is 38.7. The first-order valence-electron chi connectivity index (χ1n) is 17.6. The molecule has 0 radical (unpaired) electrons. The van der Waals surface area contributed by atoms with Crippen molar-refractivity contribution in [1.82, 2.24) is 14.5 Å². The lowest BCUT2D eigenvalue weighted by molar-refractivity contribution is 0.0673. The van der Waals surface area contributed by atoms with E-state index < -0.39 is 0 Å². The van der Waals surface area contributed by atoms with Crippen LogP contribution < -0.4 is 0 Å². The quantitative estimate of drug-likeness (QED) is 0.0848. The molecule has 0 saturated carbocycles. The van der Waals surface area contributed by atoms with Crippen molar-refractivity contribution in [1.29, 1.82) is 0 Å². The van der Waals surface area contributed by atoms with Crippen LogP contribution >= 0.6 is 0 Å². The van der Waals surface area contributed by atoms with Gasteiger partial charge in [0.05, 0.1) is 19.8 Å². The van der Waals surface area contributed by atoms with Gasteiger partial charge in [-0.15, -0.1) is 0 Å². The van der Waals surface area contributed by atoms with Crippen LogP contribution in [0.25, 0.3) is 70.4 Å². The summed E-state index contributed by atoms with van der Waals surface area (Å²) in [5, 5.41) is 2.46. The Morgan fingerprint density at radius 2 is 0.769 bits per heavy atom. The van der Waals surface area contributed by atoms with Crippen molar-refractivity contribution in [2.45, 2.75) is 6.54 Å². The highest BCUT2D eigenvalue weighted by Gasteiger charge is 2.12. The monoisotopic (exact) mass is 679 g/mol. The predicted octanol–water partition coefficient (Wildman–Crippen LogP) is 10.9. The second kappa shape index (κ2) is 17.2. The number of methoxy groups -OCH3 is 1. The van der Waals surface area contributed by atoms with Crippen LogP contribution in [0.5, 0.6) is 0 Å². The van der Waals surface area contributed by atoms with Crippen LogP contribution in [0.4, 0.5) is 0 Å². The third kappa shape index (κ3) is 8.95. The van der Waals surface area contributed by atoms with Crippen molar-refractivity contribution in [3.8, 4) is 0 Å². The third-order valence-electron chi connectivity index (χ3n) is 8.96. The van der Waals surface area contributed by atoms with Gasteiger partial charge in [-0.3, -0.25) is 9.97 Å².